The van der Waals surface area contributed by atoms with E-state index in [9.17, 15) is 13.2 Å². The second-order valence-electron chi connectivity index (χ2n) is 4.42. The topological polar surface area (TPSA) is 72.5 Å². The fraction of sp³-hybridized carbons (Fsp3) is 0.462. The van der Waals surface area contributed by atoms with Crippen LogP contribution in [0, 0.1) is 0 Å². The van der Waals surface area contributed by atoms with Gasteiger partial charge in [0.2, 0.25) is 10.0 Å². The number of hydrogen-bond donors (Lipinski definition) is 1. The van der Waals surface area contributed by atoms with Crippen molar-refractivity contribution in [1.82, 2.24) is 4.72 Å². The van der Waals surface area contributed by atoms with E-state index < -0.39 is 16.0 Å². The summed E-state index contributed by atoms with van der Waals surface area (Å²) in [6, 6.07) is 7.15. The molecule has 6 heteroatoms. The number of rotatable bonds is 6. The minimum atomic E-state index is -3.38. The molecule has 0 atom stereocenters. The molecule has 0 fully saturated rings. The van der Waals surface area contributed by atoms with Gasteiger partial charge in [0.15, 0.2) is 0 Å². The molecular formula is C13H19NO4S. The molecule has 1 aromatic carbocycles. The molecule has 0 aliphatic carbocycles. The van der Waals surface area contributed by atoms with Crippen LogP contribution in [0.25, 0.3) is 0 Å². The quantitative estimate of drug-likeness (QED) is 0.637. The van der Waals surface area contributed by atoms with Crippen LogP contribution >= 0.6 is 0 Å². The maximum atomic E-state index is 11.4. The Morgan fingerprint density at radius 1 is 1.26 bits per heavy atom. The first kappa shape index (κ1) is 15.7. The lowest BCUT2D eigenvalue weighted by Gasteiger charge is -2.08. The van der Waals surface area contributed by atoms with Crippen LogP contribution in [0.4, 0.5) is 0 Å². The van der Waals surface area contributed by atoms with Gasteiger partial charge < -0.3 is 4.74 Å². The van der Waals surface area contributed by atoms with Crippen LogP contribution in [-0.4, -0.2) is 26.7 Å². The second-order valence-corrected chi connectivity index (χ2v) is 6.52. The summed E-state index contributed by atoms with van der Waals surface area (Å²) in [5.74, 6) is 0.115. The molecule has 0 saturated heterocycles. The third-order valence-corrected chi connectivity index (χ3v) is 3.94. The highest BCUT2D eigenvalue weighted by molar-refractivity contribution is 7.89. The van der Waals surface area contributed by atoms with Gasteiger partial charge in [0, 0.05) is 0 Å². The molecular weight excluding hydrogens is 266 g/mol. The summed E-state index contributed by atoms with van der Waals surface area (Å²) in [7, 11) is -3.38. The zero-order valence-electron chi connectivity index (χ0n) is 11.3. The monoisotopic (exact) mass is 285 g/mol. The van der Waals surface area contributed by atoms with Crippen molar-refractivity contribution >= 4 is 16.0 Å². The number of benzene rings is 1. The van der Waals surface area contributed by atoms with Gasteiger partial charge in [-0.25, -0.2) is 13.1 Å². The Balaban J connectivity index is 2.53. The van der Waals surface area contributed by atoms with Crippen molar-refractivity contribution in [3.05, 3.63) is 29.8 Å². The van der Waals surface area contributed by atoms with Crippen LogP contribution in [0.1, 0.15) is 32.3 Å². The van der Waals surface area contributed by atoms with E-state index in [1.807, 2.05) is 12.1 Å². The first-order valence-corrected chi connectivity index (χ1v) is 7.77. The molecule has 0 saturated carbocycles. The van der Waals surface area contributed by atoms with E-state index in [-0.39, 0.29) is 12.3 Å². The van der Waals surface area contributed by atoms with Gasteiger partial charge in [-0.05, 0) is 30.5 Å². The molecule has 106 valence electrons. The first-order chi connectivity index (χ1) is 8.84. The maximum Gasteiger partial charge on any atom is 0.326 e. The molecule has 19 heavy (non-hydrogen) atoms. The number of hydrogen-bond acceptors (Lipinski definition) is 4. The fourth-order valence-corrected chi connectivity index (χ4v) is 1.90. The number of ether oxygens (including phenoxy) is 1. The van der Waals surface area contributed by atoms with E-state index in [2.05, 4.69) is 18.6 Å². The SMILES string of the molecule is CCS(=O)(=O)NCC(=O)Oc1ccc(C(C)C)cc1. The van der Waals surface area contributed by atoms with E-state index in [1.165, 1.54) is 6.92 Å². The van der Waals surface area contributed by atoms with E-state index in [1.54, 1.807) is 12.1 Å². The van der Waals surface area contributed by atoms with Crippen molar-refractivity contribution in [1.29, 1.82) is 0 Å². The number of nitrogens with one attached hydrogen (secondary N) is 1. The van der Waals surface area contributed by atoms with Gasteiger partial charge in [-0.2, -0.15) is 0 Å². The molecule has 0 aliphatic rings. The highest BCUT2D eigenvalue weighted by Gasteiger charge is 2.11. The van der Waals surface area contributed by atoms with E-state index in [0.29, 0.717) is 11.7 Å². The van der Waals surface area contributed by atoms with Gasteiger partial charge in [0.25, 0.3) is 0 Å². The molecule has 0 unspecified atom stereocenters. The van der Waals surface area contributed by atoms with Crippen LogP contribution in [0.5, 0.6) is 5.75 Å². The molecule has 1 aromatic rings. The molecule has 0 spiro atoms. The zero-order valence-corrected chi connectivity index (χ0v) is 12.2. The van der Waals surface area contributed by atoms with Crippen molar-refractivity contribution in [2.75, 3.05) is 12.3 Å². The van der Waals surface area contributed by atoms with Gasteiger partial charge in [0.05, 0.1) is 5.75 Å². The summed E-state index contributed by atoms with van der Waals surface area (Å²) in [6.07, 6.45) is 0. The van der Waals surface area contributed by atoms with Crippen LogP contribution in [0.15, 0.2) is 24.3 Å². The maximum absolute atomic E-state index is 11.4. The number of esters is 1. The smallest absolute Gasteiger partial charge is 0.326 e. The molecule has 0 aliphatic heterocycles. The highest BCUT2D eigenvalue weighted by atomic mass is 32.2. The summed E-state index contributed by atoms with van der Waals surface area (Å²) >= 11 is 0. The average Bonchev–Trinajstić information content (AvgIpc) is 2.37. The average molecular weight is 285 g/mol. The van der Waals surface area contributed by atoms with E-state index in [4.69, 9.17) is 4.74 Å². The highest BCUT2D eigenvalue weighted by Crippen LogP contribution is 2.18. The van der Waals surface area contributed by atoms with Crippen molar-refractivity contribution in [2.24, 2.45) is 0 Å². The molecule has 0 radical (unpaired) electrons. The van der Waals surface area contributed by atoms with Crippen LogP contribution in [-0.2, 0) is 14.8 Å². The Morgan fingerprint density at radius 2 is 1.84 bits per heavy atom. The first-order valence-electron chi connectivity index (χ1n) is 6.12. The lowest BCUT2D eigenvalue weighted by molar-refractivity contribution is -0.133. The molecule has 1 rings (SSSR count). The lowest BCUT2D eigenvalue weighted by atomic mass is 10.0. The van der Waals surface area contributed by atoms with Crippen molar-refractivity contribution in [3.8, 4) is 5.75 Å². The standard InChI is InChI=1S/C13H19NO4S/c1-4-19(16,17)14-9-13(15)18-12-7-5-11(6-8-12)10(2)3/h5-8,10,14H,4,9H2,1-3H3. The van der Waals surface area contributed by atoms with Gasteiger partial charge in [-0.1, -0.05) is 26.0 Å². The molecule has 0 bridgehead atoms. The fourth-order valence-electron chi connectivity index (χ4n) is 1.36. The van der Waals surface area contributed by atoms with Gasteiger partial charge >= 0.3 is 5.97 Å². The third-order valence-electron chi connectivity index (χ3n) is 2.59. The Hall–Kier alpha value is -1.40. The molecule has 0 aromatic heterocycles. The largest absolute Gasteiger partial charge is 0.426 e. The number of sulfonamides is 1. The zero-order chi connectivity index (χ0) is 14.5. The second kappa shape index (κ2) is 6.68. The predicted octanol–water partition coefficient (Wildman–Crippen LogP) is 1.65. The molecule has 0 amide bonds. The Morgan fingerprint density at radius 3 is 2.32 bits per heavy atom. The normalized spacial score (nSPS) is 11.6. The van der Waals surface area contributed by atoms with E-state index >= 15 is 0 Å². The summed E-state index contributed by atoms with van der Waals surface area (Å²) in [4.78, 5) is 11.4. The summed E-state index contributed by atoms with van der Waals surface area (Å²) in [6.45, 7) is 5.28. The van der Waals surface area contributed by atoms with Crippen molar-refractivity contribution in [2.45, 2.75) is 26.7 Å². The van der Waals surface area contributed by atoms with Crippen LogP contribution in [0.2, 0.25) is 0 Å². The third kappa shape index (κ3) is 5.40. The summed E-state index contributed by atoms with van der Waals surface area (Å²) < 4.78 is 29.5. The lowest BCUT2D eigenvalue weighted by Crippen LogP contribution is -2.32. The Labute approximate surface area is 114 Å². The minimum absolute atomic E-state index is 0.0661. The van der Waals surface area contributed by atoms with Crippen LogP contribution < -0.4 is 9.46 Å². The van der Waals surface area contributed by atoms with Gasteiger partial charge in [0.1, 0.15) is 12.3 Å². The van der Waals surface area contributed by atoms with Gasteiger partial charge in [-0.3, -0.25) is 4.79 Å². The minimum Gasteiger partial charge on any atom is -0.426 e. The number of carbonyl (C=O) groups excluding carboxylic acids is 1. The van der Waals surface area contributed by atoms with Crippen molar-refractivity contribution < 1.29 is 17.9 Å². The molecule has 1 N–H and O–H groups in total. The van der Waals surface area contributed by atoms with E-state index in [0.717, 1.165) is 5.56 Å². The Bertz CT molecular complexity index is 520. The number of carbonyl (C=O) groups is 1. The summed E-state index contributed by atoms with van der Waals surface area (Å²) in [5.41, 5.74) is 1.14. The van der Waals surface area contributed by atoms with Crippen LogP contribution in [0.3, 0.4) is 0 Å². The molecule has 0 heterocycles. The van der Waals surface area contributed by atoms with Gasteiger partial charge in [-0.15, -0.1) is 0 Å². The van der Waals surface area contributed by atoms with Crippen molar-refractivity contribution in [3.63, 3.8) is 0 Å². The predicted molar refractivity (Wildman–Crippen MR) is 73.6 cm³/mol. The molecule has 5 nitrogen and oxygen atoms in total. The Kier molecular flexibility index (Phi) is 5.50. The summed E-state index contributed by atoms with van der Waals surface area (Å²) in [5, 5.41) is 0.